The number of fused-ring (bicyclic) bond motifs is 2. The molecule has 3 nitrogen and oxygen atoms in total. The van der Waals surface area contributed by atoms with Crippen LogP contribution in [0.2, 0.25) is 5.02 Å². The number of ketones is 1. The van der Waals surface area contributed by atoms with Crippen molar-refractivity contribution in [1.29, 1.82) is 0 Å². The van der Waals surface area contributed by atoms with Gasteiger partial charge in [-0.25, -0.2) is 0 Å². The maximum absolute atomic E-state index is 12.7. The third-order valence-electron chi connectivity index (χ3n) is 3.82. The lowest BCUT2D eigenvalue weighted by atomic mass is 9.95. The van der Waals surface area contributed by atoms with Gasteiger partial charge in [-0.2, -0.15) is 0 Å². The standard InChI is InChI=1S/C17H13ClO3S/c1-9(17(20)21)10-2-4-14-15(7-10)22-8-11-6-12(18)3-5-13(11)16(14)19/h2-7,9H,8H2,1H3,(H,20,21). The van der Waals surface area contributed by atoms with Crippen molar-refractivity contribution in [1.82, 2.24) is 0 Å². The predicted octanol–water partition coefficient (Wildman–Crippen LogP) is 4.36. The largest absolute Gasteiger partial charge is 0.481 e. The minimum atomic E-state index is -0.875. The van der Waals surface area contributed by atoms with Crippen LogP contribution in [0, 0.1) is 0 Å². The molecule has 2 aromatic carbocycles. The Bertz CT molecular complexity index is 785. The van der Waals surface area contributed by atoms with E-state index in [9.17, 15) is 9.59 Å². The molecule has 0 spiro atoms. The SMILES string of the molecule is CC(C(=O)O)c1ccc2c(c1)SCc1cc(Cl)ccc1C2=O. The topological polar surface area (TPSA) is 54.4 Å². The van der Waals surface area contributed by atoms with Crippen LogP contribution in [0.3, 0.4) is 0 Å². The Morgan fingerprint density at radius 3 is 2.68 bits per heavy atom. The Morgan fingerprint density at radius 2 is 1.95 bits per heavy atom. The van der Waals surface area contributed by atoms with Gasteiger partial charge in [0.25, 0.3) is 0 Å². The second-order valence-electron chi connectivity index (χ2n) is 5.23. The van der Waals surface area contributed by atoms with Crippen LogP contribution in [-0.4, -0.2) is 16.9 Å². The van der Waals surface area contributed by atoms with Crippen LogP contribution in [0.1, 0.15) is 39.9 Å². The highest BCUT2D eigenvalue weighted by Crippen LogP contribution is 2.36. The zero-order valence-electron chi connectivity index (χ0n) is 11.8. The van der Waals surface area contributed by atoms with Crippen molar-refractivity contribution in [2.45, 2.75) is 23.5 Å². The fourth-order valence-corrected chi connectivity index (χ4v) is 3.74. The Labute approximate surface area is 137 Å². The van der Waals surface area contributed by atoms with Crippen LogP contribution in [0.15, 0.2) is 41.3 Å². The van der Waals surface area contributed by atoms with Crippen molar-refractivity contribution in [3.63, 3.8) is 0 Å². The van der Waals surface area contributed by atoms with Gasteiger partial charge in [-0.3, -0.25) is 9.59 Å². The summed E-state index contributed by atoms with van der Waals surface area (Å²) in [7, 11) is 0. The summed E-state index contributed by atoms with van der Waals surface area (Å²) in [4.78, 5) is 24.6. The van der Waals surface area contributed by atoms with E-state index in [-0.39, 0.29) is 5.78 Å². The van der Waals surface area contributed by atoms with E-state index in [0.29, 0.717) is 27.5 Å². The molecule has 0 aliphatic carbocycles. The summed E-state index contributed by atoms with van der Waals surface area (Å²) in [6, 6.07) is 10.5. The normalized spacial score (nSPS) is 14.7. The van der Waals surface area contributed by atoms with Gasteiger partial charge in [0.05, 0.1) is 5.92 Å². The molecule has 5 heteroatoms. The van der Waals surface area contributed by atoms with Crippen molar-refractivity contribution in [2.24, 2.45) is 0 Å². The van der Waals surface area contributed by atoms with Crippen molar-refractivity contribution in [3.05, 3.63) is 63.7 Å². The number of benzene rings is 2. The summed E-state index contributed by atoms with van der Waals surface area (Å²) in [6.07, 6.45) is 0. The van der Waals surface area contributed by atoms with E-state index in [4.69, 9.17) is 16.7 Å². The molecule has 112 valence electrons. The van der Waals surface area contributed by atoms with E-state index in [0.717, 1.165) is 10.5 Å². The zero-order chi connectivity index (χ0) is 15.9. The minimum absolute atomic E-state index is 0.0406. The lowest BCUT2D eigenvalue weighted by Gasteiger charge is -2.10. The van der Waals surface area contributed by atoms with E-state index in [1.807, 2.05) is 12.1 Å². The number of carbonyl (C=O) groups excluding carboxylic acids is 1. The van der Waals surface area contributed by atoms with Crippen molar-refractivity contribution >= 4 is 35.1 Å². The van der Waals surface area contributed by atoms with E-state index in [1.54, 1.807) is 31.2 Å². The summed E-state index contributed by atoms with van der Waals surface area (Å²) in [5.41, 5.74) is 2.89. The molecule has 0 aromatic heterocycles. The molecule has 3 rings (SSSR count). The first kappa shape index (κ1) is 15.1. The number of thioether (sulfide) groups is 1. The van der Waals surface area contributed by atoms with Crippen molar-refractivity contribution < 1.29 is 14.7 Å². The fraction of sp³-hybridized carbons (Fsp3) is 0.176. The van der Waals surface area contributed by atoms with Gasteiger partial charge in [0.15, 0.2) is 5.78 Å². The van der Waals surface area contributed by atoms with Crippen LogP contribution >= 0.6 is 23.4 Å². The maximum atomic E-state index is 12.7. The van der Waals surface area contributed by atoms with Gasteiger partial charge >= 0.3 is 5.97 Å². The number of halogens is 1. The highest BCUT2D eigenvalue weighted by molar-refractivity contribution is 7.98. The molecule has 1 aliphatic heterocycles. The van der Waals surface area contributed by atoms with Gasteiger partial charge in [0, 0.05) is 26.8 Å². The molecular formula is C17H13ClO3S. The van der Waals surface area contributed by atoms with Crippen LogP contribution in [0.4, 0.5) is 0 Å². The molecule has 0 amide bonds. The molecule has 1 atom stereocenters. The molecule has 1 N–H and O–H groups in total. The van der Waals surface area contributed by atoms with Crippen LogP contribution in [0.5, 0.6) is 0 Å². The van der Waals surface area contributed by atoms with Gasteiger partial charge < -0.3 is 5.11 Å². The highest BCUT2D eigenvalue weighted by atomic mass is 35.5. The summed E-state index contributed by atoms with van der Waals surface area (Å²) >= 11 is 7.54. The molecule has 0 saturated carbocycles. The number of carbonyl (C=O) groups is 2. The van der Waals surface area contributed by atoms with Gasteiger partial charge in [-0.15, -0.1) is 11.8 Å². The first-order valence-corrected chi connectivity index (χ1v) is 8.16. The fourth-order valence-electron chi connectivity index (χ4n) is 2.46. The van der Waals surface area contributed by atoms with Crippen molar-refractivity contribution in [3.8, 4) is 0 Å². The zero-order valence-corrected chi connectivity index (χ0v) is 13.4. The Morgan fingerprint density at radius 1 is 1.23 bits per heavy atom. The van der Waals surface area contributed by atoms with E-state index in [2.05, 4.69) is 0 Å². The number of rotatable bonds is 2. The van der Waals surface area contributed by atoms with Gasteiger partial charge in [-0.1, -0.05) is 17.7 Å². The maximum Gasteiger partial charge on any atom is 0.310 e. The molecule has 1 unspecified atom stereocenters. The number of aliphatic carboxylic acids is 1. The minimum Gasteiger partial charge on any atom is -0.481 e. The molecule has 0 bridgehead atoms. The number of carboxylic acids is 1. The third-order valence-corrected chi connectivity index (χ3v) is 5.16. The first-order chi connectivity index (χ1) is 10.5. The monoisotopic (exact) mass is 332 g/mol. The van der Waals surface area contributed by atoms with Gasteiger partial charge in [-0.05, 0) is 48.4 Å². The van der Waals surface area contributed by atoms with E-state index < -0.39 is 11.9 Å². The van der Waals surface area contributed by atoms with E-state index >= 15 is 0 Å². The Kier molecular flexibility index (Phi) is 3.98. The molecule has 0 saturated heterocycles. The van der Waals surface area contributed by atoms with E-state index in [1.165, 1.54) is 11.8 Å². The highest BCUT2D eigenvalue weighted by Gasteiger charge is 2.23. The van der Waals surface area contributed by atoms with Crippen LogP contribution in [-0.2, 0) is 10.5 Å². The average molecular weight is 333 g/mol. The van der Waals surface area contributed by atoms with Gasteiger partial charge in [0.1, 0.15) is 0 Å². The Balaban J connectivity index is 2.06. The molecule has 22 heavy (non-hydrogen) atoms. The molecule has 2 aromatic rings. The summed E-state index contributed by atoms with van der Waals surface area (Å²) in [6.45, 7) is 1.64. The summed E-state index contributed by atoms with van der Waals surface area (Å²) in [5.74, 6) is -0.873. The average Bonchev–Trinajstić information content (AvgIpc) is 2.63. The predicted molar refractivity (Wildman–Crippen MR) is 86.9 cm³/mol. The summed E-state index contributed by atoms with van der Waals surface area (Å²) in [5, 5.41) is 9.74. The van der Waals surface area contributed by atoms with Gasteiger partial charge in [0.2, 0.25) is 0 Å². The lowest BCUT2D eigenvalue weighted by molar-refractivity contribution is -0.138. The molecular weight excluding hydrogens is 320 g/mol. The molecule has 1 heterocycles. The van der Waals surface area contributed by atoms with Crippen LogP contribution in [0.25, 0.3) is 0 Å². The summed E-state index contributed by atoms with van der Waals surface area (Å²) < 4.78 is 0. The first-order valence-electron chi connectivity index (χ1n) is 6.80. The van der Waals surface area contributed by atoms with Crippen LogP contribution < -0.4 is 0 Å². The molecule has 1 aliphatic rings. The smallest absolute Gasteiger partial charge is 0.310 e. The second kappa shape index (κ2) is 5.78. The quantitative estimate of drug-likeness (QED) is 0.887. The molecule has 0 fully saturated rings. The second-order valence-corrected chi connectivity index (χ2v) is 6.69. The lowest BCUT2D eigenvalue weighted by Crippen LogP contribution is -2.09. The number of hydrogen-bond acceptors (Lipinski definition) is 3. The molecule has 0 radical (unpaired) electrons. The number of hydrogen-bond donors (Lipinski definition) is 1. The van der Waals surface area contributed by atoms with Crippen molar-refractivity contribution in [2.75, 3.05) is 0 Å². The Hall–Kier alpha value is -1.78. The third kappa shape index (κ3) is 2.64. The number of carboxylic acid groups (broad SMARTS) is 1.